The minimum atomic E-state index is -0.214. The standard InChI is InChI=1S/C12H13BrN4O/c1-8(2)14-12(18)11-7-17(16-15-11)10-5-3-9(13)4-6-10/h3-8H,1-2H3,(H,14,18). The molecule has 0 bridgehead atoms. The van der Waals surface area contributed by atoms with Crippen molar-refractivity contribution in [1.29, 1.82) is 0 Å². The summed E-state index contributed by atoms with van der Waals surface area (Å²) in [5.74, 6) is -0.214. The lowest BCUT2D eigenvalue weighted by atomic mass is 10.3. The number of carbonyl (C=O) groups is 1. The highest BCUT2D eigenvalue weighted by atomic mass is 79.9. The summed E-state index contributed by atoms with van der Waals surface area (Å²) >= 11 is 3.36. The van der Waals surface area contributed by atoms with Gasteiger partial charge < -0.3 is 5.32 Å². The highest BCUT2D eigenvalue weighted by Crippen LogP contribution is 2.13. The highest BCUT2D eigenvalue weighted by Gasteiger charge is 2.12. The Hall–Kier alpha value is -1.69. The SMILES string of the molecule is CC(C)NC(=O)c1cn(-c2ccc(Br)cc2)nn1. The number of hydrogen-bond acceptors (Lipinski definition) is 3. The molecule has 0 fully saturated rings. The molecule has 5 nitrogen and oxygen atoms in total. The molecule has 2 rings (SSSR count). The summed E-state index contributed by atoms with van der Waals surface area (Å²) in [4.78, 5) is 11.7. The van der Waals surface area contributed by atoms with Gasteiger partial charge in [0.15, 0.2) is 5.69 Å². The third-order valence-electron chi connectivity index (χ3n) is 2.24. The first-order valence-corrected chi connectivity index (χ1v) is 6.34. The van der Waals surface area contributed by atoms with Crippen LogP contribution in [0, 0.1) is 0 Å². The molecule has 18 heavy (non-hydrogen) atoms. The quantitative estimate of drug-likeness (QED) is 0.945. The van der Waals surface area contributed by atoms with E-state index in [1.807, 2.05) is 38.1 Å². The zero-order valence-corrected chi connectivity index (χ0v) is 11.7. The van der Waals surface area contributed by atoms with Crippen LogP contribution in [0.15, 0.2) is 34.9 Å². The van der Waals surface area contributed by atoms with Crippen LogP contribution < -0.4 is 5.32 Å². The number of nitrogens with one attached hydrogen (secondary N) is 1. The Kier molecular flexibility index (Phi) is 3.76. The molecule has 0 aliphatic carbocycles. The molecule has 0 spiro atoms. The third kappa shape index (κ3) is 2.95. The molecular weight excluding hydrogens is 296 g/mol. The average Bonchev–Trinajstić information content (AvgIpc) is 2.78. The van der Waals surface area contributed by atoms with Crippen LogP contribution in [0.2, 0.25) is 0 Å². The topological polar surface area (TPSA) is 59.8 Å². The van der Waals surface area contributed by atoms with Gasteiger partial charge in [-0.1, -0.05) is 21.1 Å². The zero-order chi connectivity index (χ0) is 13.1. The first-order chi connectivity index (χ1) is 8.56. The average molecular weight is 309 g/mol. The summed E-state index contributed by atoms with van der Waals surface area (Å²) in [7, 11) is 0. The number of nitrogens with zero attached hydrogens (tertiary/aromatic N) is 3. The van der Waals surface area contributed by atoms with Crippen molar-refractivity contribution in [3.8, 4) is 5.69 Å². The normalized spacial score (nSPS) is 10.7. The van der Waals surface area contributed by atoms with Crippen LogP contribution in [0.5, 0.6) is 0 Å². The third-order valence-corrected chi connectivity index (χ3v) is 2.77. The van der Waals surface area contributed by atoms with Crippen molar-refractivity contribution < 1.29 is 4.79 Å². The van der Waals surface area contributed by atoms with E-state index in [-0.39, 0.29) is 11.9 Å². The predicted octanol–water partition coefficient (Wildman–Crippen LogP) is 2.17. The van der Waals surface area contributed by atoms with Crippen LogP contribution >= 0.6 is 15.9 Å². The van der Waals surface area contributed by atoms with E-state index < -0.39 is 0 Å². The first kappa shape index (κ1) is 12.8. The largest absolute Gasteiger partial charge is 0.348 e. The number of rotatable bonds is 3. The molecule has 94 valence electrons. The smallest absolute Gasteiger partial charge is 0.273 e. The van der Waals surface area contributed by atoms with E-state index >= 15 is 0 Å². The molecule has 0 aliphatic heterocycles. The van der Waals surface area contributed by atoms with Gasteiger partial charge in [0.25, 0.3) is 5.91 Å². The Morgan fingerprint density at radius 1 is 1.33 bits per heavy atom. The molecule has 1 aromatic heterocycles. The molecular formula is C12H13BrN4O. The summed E-state index contributed by atoms with van der Waals surface area (Å²) in [6.45, 7) is 3.80. The van der Waals surface area contributed by atoms with E-state index in [1.54, 1.807) is 10.9 Å². The van der Waals surface area contributed by atoms with Gasteiger partial charge in [-0.15, -0.1) is 5.10 Å². The summed E-state index contributed by atoms with van der Waals surface area (Å²) in [5, 5.41) is 10.6. The maximum atomic E-state index is 11.7. The van der Waals surface area contributed by atoms with Crippen molar-refractivity contribution in [1.82, 2.24) is 20.3 Å². The molecule has 1 amide bonds. The number of carbonyl (C=O) groups excluding carboxylic acids is 1. The molecule has 2 aromatic rings. The summed E-state index contributed by atoms with van der Waals surface area (Å²) in [6, 6.07) is 7.68. The summed E-state index contributed by atoms with van der Waals surface area (Å²) in [6.07, 6.45) is 1.61. The molecule has 6 heteroatoms. The maximum absolute atomic E-state index is 11.7. The van der Waals surface area contributed by atoms with Gasteiger partial charge in [0.2, 0.25) is 0 Å². The first-order valence-electron chi connectivity index (χ1n) is 5.55. The number of aromatic nitrogens is 3. The van der Waals surface area contributed by atoms with Gasteiger partial charge in [-0.2, -0.15) is 0 Å². The van der Waals surface area contributed by atoms with Crippen molar-refractivity contribution in [2.75, 3.05) is 0 Å². The Bertz CT molecular complexity index is 547. The lowest BCUT2D eigenvalue weighted by molar-refractivity contribution is 0.0938. The molecule has 0 radical (unpaired) electrons. The molecule has 0 saturated heterocycles. The molecule has 1 N–H and O–H groups in total. The van der Waals surface area contributed by atoms with Gasteiger partial charge in [0, 0.05) is 10.5 Å². The molecule has 0 aliphatic rings. The second-order valence-corrected chi connectivity index (χ2v) is 5.07. The van der Waals surface area contributed by atoms with Crippen molar-refractivity contribution in [2.24, 2.45) is 0 Å². The Balaban J connectivity index is 2.20. The molecule has 0 saturated carbocycles. The van der Waals surface area contributed by atoms with Gasteiger partial charge in [-0.05, 0) is 38.1 Å². The fourth-order valence-electron chi connectivity index (χ4n) is 1.42. The van der Waals surface area contributed by atoms with Gasteiger partial charge in [-0.25, -0.2) is 4.68 Å². The number of benzene rings is 1. The monoisotopic (exact) mass is 308 g/mol. The number of amides is 1. The lowest BCUT2D eigenvalue weighted by Gasteiger charge is -2.04. The second-order valence-electron chi connectivity index (χ2n) is 4.15. The minimum Gasteiger partial charge on any atom is -0.348 e. The van der Waals surface area contributed by atoms with Crippen LogP contribution in [0.25, 0.3) is 5.69 Å². The van der Waals surface area contributed by atoms with Crippen molar-refractivity contribution in [3.63, 3.8) is 0 Å². The van der Waals surface area contributed by atoms with E-state index in [2.05, 4.69) is 31.6 Å². The Morgan fingerprint density at radius 3 is 2.61 bits per heavy atom. The van der Waals surface area contributed by atoms with Gasteiger partial charge in [-0.3, -0.25) is 4.79 Å². The molecule has 0 atom stereocenters. The van der Waals surface area contributed by atoms with Crippen LogP contribution in [-0.2, 0) is 0 Å². The Morgan fingerprint density at radius 2 is 2.00 bits per heavy atom. The summed E-state index contributed by atoms with van der Waals surface area (Å²) in [5.41, 5.74) is 1.17. The van der Waals surface area contributed by atoms with Crippen molar-refractivity contribution in [3.05, 3.63) is 40.6 Å². The maximum Gasteiger partial charge on any atom is 0.273 e. The fourth-order valence-corrected chi connectivity index (χ4v) is 1.69. The minimum absolute atomic E-state index is 0.0790. The zero-order valence-electron chi connectivity index (χ0n) is 10.1. The van der Waals surface area contributed by atoms with Gasteiger partial charge in [0.05, 0.1) is 11.9 Å². The lowest BCUT2D eigenvalue weighted by Crippen LogP contribution is -2.30. The number of hydrogen-bond donors (Lipinski definition) is 1. The van der Waals surface area contributed by atoms with Crippen LogP contribution in [-0.4, -0.2) is 26.9 Å². The fraction of sp³-hybridized carbons (Fsp3) is 0.250. The Labute approximate surface area is 113 Å². The van der Waals surface area contributed by atoms with Gasteiger partial charge >= 0.3 is 0 Å². The van der Waals surface area contributed by atoms with Crippen molar-refractivity contribution in [2.45, 2.75) is 19.9 Å². The van der Waals surface area contributed by atoms with Crippen molar-refractivity contribution >= 4 is 21.8 Å². The predicted molar refractivity (Wildman–Crippen MR) is 71.7 cm³/mol. The van der Waals surface area contributed by atoms with Gasteiger partial charge in [0.1, 0.15) is 0 Å². The van der Waals surface area contributed by atoms with Crippen LogP contribution in [0.1, 0.15) is 24.3 Å². The van der Waals surface area contributed by atoms with E-state index in [1.165, 1.54) is 0 Å². The molecule has 0 unspecified atom stereocenters. The van der Waals surface area contributed by atoms with E-state index in [9.17, 15) is 4.79 Å². The van der Waals surface area contributed by atoms with Crippen LogP contribution in [0.4, 0.5) is 0 Å². The van der Waals surface area contributed by atoms with E-state index in [4.69, 9.17) is 0 Å². The molecule has 1 heterocycles. The molecule has 1 aromatic carbocycles. The van der Waals surface area contributed by atoms with E-state index in [0.717, 1.165) is 10.2 Å². The van der Waals surface area contributed by atoms with Crippen LogP contribution in [0.3, 0.4) is 0 Å². The highest BCUT2D eigenvalue weighted by molar-refractivity contribution is 9.10. The van der Waals surface area contributed by atoms with E-state index in [0.29, 0.717) is 5.69 Å². The number of halogens is 1. The second kappa shape index (κ2) is 5.30. The summed E-state index contributed by atoms with van der Waals surface area (Å²) < 4.78 is 2.56.